The Morgan fingerprint density at radius 1 is 0.882 bits per heavy atom. The summed E-state index contributed by atoms with van der Waals surface area (Å²) >= 11 is 3.41. The van der Waals surface area contributed by atoms with Crippen LogP contribution in [-0.4, -0.2) is 19.8 Å². The summed E-state index contributed by atoms with van der Waals surface area (Å²) < 4.78 is 18.0. The average molecular weight is 303 g/mol. The predicted molar refractivity (Wildman–Crippen MR) is 70.7 cm³/mol. The van der Waals surface area contributed by atoms with Crippen LogP contribution in [0.3, 0.4) is 0 Å². The Balaban J connectivity index is 3.04. The van der Waals surface area contributed by atoms with E-state index in [0.717, 1.165) is 10.0 Å². The van der Waals surface area contributed by atoms with E-state index in [9.17, 15) is 0 Å². The highest BCUT2D eigenvalue weighted by atomic mass is 79.9. The summed E-state index contributed by atoms with van der Waals surface area (Å²) in [4.78, 5) is 0. The van der Waals surface area contributed by atoms with E-state index in [1.54, 1.807) is 0 Å². The monoisotopic (exact) mass is 302 g/mol. The van der Waals surface area contributed by atoms with E-state index in [2.05, 4.69) is 15.9 Å². The maximum atomic E-state index is 5.68. The van der Waals surface area contributed by atoms with Crippen LogP contribution < -0.4 is 0 Å². The van der Waals surface area contributed by atoms with Crippen molar-refractivity contribution in [2.45, 2.75) is 26.7 Å². The highest BCUT2D eigenvalue weighted by Gasteiger charge is 2.34. The fourth-order valence-corrected chi connectivity index (χ4v) is 1.86. The lowest BCUT2D eigenvalue weighted by molar-refractivity contribution is -0.389. The first kappa shape index (κ1) is 14.6. The number of hydrogen-bond donors (Lipinski definition) is 0. The highest BCUT2D eigenvalue weighted by molar-refractivity contribution is 9.10. The van der Waals surface area contributed by atoms with Gasteiger partial charge in [0.15, 0.2) is 0 Å². The van der Waals surface area contributed by atoms with Crippen LogP contribution in [0.15, 0.2) is 28.7 Å². The van der Waals surface area contributed by atoms with Crippen molar-refractivity contribution in [2.75, 3.05) is 19.8 Å². The van der Waals surface area contributed by atoms with Gasteiger partial charge in [-0.05, 0) is 45.0 Å². The van der Waals surface area contributed by atoms with E-state index >= 15 is 0 Å². The van der Waals surface area contributed by atoms with Gasteiger partial charge in [-0.15, -0.1) is 0 Å². The predicted octanol–water partition coefficient (Wildman–Crippen LogP) is 3.67. The fourth-order valence-electron chi connectivity index (χ4n) is 1.60. The molecule has 96 valence electrons. The van der Waals surface area contributed by atoms with Crippen molar-refractivity contribution in [1.29, 1.82) is 0 Å². The van der Waals surface area contributed by atoms with Crippen molar-refractivity contribution in [2.24, 2.45) is 0 Å². The lowest BCUT2D eigenvalue weighted by atomic mass is 10.2. The summed E-state index contributed by atoms with van der Waals surface area (Å²) in [6.45, 7) is 7.34. The van der Waals surface area contributed by atoms with Gasteiger partial charge in [-0.2, -0.15) is 0 Å². The van der Waals surface area contributed by atoms with E-state index in [1.165, 1.54) is 0 Å². The second-order valence-electron chi connectivity index (χ2n) is 3.36. The topological polar surface area (TPSA) is 27.7 Å². The molecular formula is C13H19BrO3. The first-order chi connectivity index (χ1) is 8.18. The molecule has 0 aliphatic heterocycles. The molecule has 0 atom stereocenters. The molecule has 0 heterocycles. The molecule has 0 N–H and O–H groups in total. The van der Waals surface area contributed by atoms with Crippen molar-refractivity contribution in [3.63, 3.8) is 0 Å². The molecule has 1 aromatic carbocycles. The molecule has 1 aromatic rings. The molecule has 0 unspecified atom stereocenters. The van der Waals surface area contributed by atoms with Crippen LogP contribution in [0.1, 0.15) is 26.3 Å². The third-order valence-electron chi connectivity index (χ3n) is 2.20. The average Bonchev–Trinajstić information content (AvgIpc) is 2.30. The summed E-state index contributed by atoms with van der Waals surface area (Å²) in [5, 5.41) is 0. The van der Waals surface area contributed by atoms with Gasteiger partial charge in [0, 0.05) is 29.9 Å². The maximum absolute atomic E-state index is 5.68. The van der Waals surface area contributed by atoms with Gasteiger partial charge in [-0.25, -0.2) is 0 Å². The zero-order chi connectivity index (χ0) is 12.7. The smallest absolute Gasteiger partial charge is 0.311 e. The van der Waals surface area contributed by atoms with Crippen LogP contribution in [-0.2, 0) is 20.2 Å². The Labute approximate surface area is 111 Å². The summed E-state index contributed by atoms with van der Waals surface area (Å²) in [5.41, 5.74) is 0.867. The zero-order valence-corrected chi connectivity index (χ0v) is 12.1. The molecule has 0 aliphatic carbocycles. The minimum absolute atomic E-state index is 0.524. The van der Waals surface area contributed by atoms with E-state index < -0.39 is 5.97 Å². The lowest BCUT2D eigenvalue weighted by Crippen LogP contribution is -2.36. The standard InChI is InChI=1S/C13H19BrO3/c1-4-15-13(16-5-2,17-6-3)11-7-9-12(14)10-8-11/h7-10H,4-6H2,1-3H3. The highest BCUT2D eigenvalue weighted by Crippen LogP contribution is 2.30. The van der Waals surface area contributed by atoms with E-state index in [-0.39, 0.29) is 0 Å². The molecule has 0 bridgehead atoms. The Morgan fingerprint density at radius 2 is 1.29 bits per heavy atom. The fraction of sp³-hybridized carbons (Fsp3) is 0.538. The molecule has 0 spiro atoms. The van der Waals surface area contributed by atoms with Crippen molar-refractivity contribution in [1.82, 2.24) is 0 Å². The summed E-state index contributed by atoms with van der Waals surface area (Å²) in [6, 6.07) is 7.76. The van der Waals surface area contributed by atoms with Crippen LogP contribution in [0.25, 0.3) is 0 Å². The first-order valence-electron chi connectivity index (χ1n) is 5.86. The molecule has 17 heavy (non-hydrogen) atoms. The third kappa shape index (κ3) is 3.78. The van der Waals surface area contributed by atoms with Crippen LogP contribution >= 0.6 is 15.9 Å². The van der Waals surface area contributed by atoms with Gasteiger partial charge in [-0.3, -0.25) is 0 Å². The summed E-state index contributed by atoms with van der Waals surface area (Å²) in [7, 11) is 0. The molecule has 3 nitrogen and oxygen atoms in total. The molecule has 4 heteroatoms. The van der Waals surface area contributed by atoms with E-state index in [4.69, 9.17) is 14.2 Å². The number of benzene rings is 1. The number of ether oxygens (including phenoxy) is 3. The Morgan fingerprint density at radius 3 is 1.65 bits per heavy atom. The molecular weight excluding hydrogens is 284 g/mol. The van der Waals surface area contributed by atoms with Gasteiger partial charge in [-0.1, -0.05) is 15.9 Å². The Hall–Kier alpha value is -0.420. The van der Waals surface area contributed by atoms with E-state index in [0.29, 0.717) is 19.8 Å². The van der Waals surface area contributed by atoms with Crippen LogP contribution in [0.4, 0.5) is 0 Å². The molecule has 0 radical (unpaired) electrons. The molecule has 1 rings (SSSR count). The Kier molecular flexibility index (Phi) is 6.12. The van der Waals surface area contributed by atoms with Gasteiger partial charge in [0.05, 0.1) is 0 Å². The number of rotatable bonds is 7. The van der Waals surface area contributed by atoms with Gasteiger partial charge in [0.2, 0.25) is 0 Å². The second kappa shape index (κ2) is 7.11. The van der Waals surface area contributed by atoms with Crippen molar-refractivity contribution >= 4 is 15.9 Å². The number of halogens is 1. The second-order valence-corrected chi connectivity index (χ2v) is 4.28. The van der Waals surface area contributed by atoms with Crippen LogP contribution in [0.5, 0.6) is 0 Å². The molecule has 0 saturated carbocycles. The quantitative estimate of drug-likeness (QED) is 0.719. The normalized spacial score (nSPS) is 11.8. The largest absolute Gasteiger partial charge is 0.324 e. The molecule has 0 aromatic heterocycles. The Bertz CT molecular complexity index is 307. The van der Waals surface area contributed by atoms with Gasteiger partial charge in [0.1, 0.15) is 0 Å². The van der Waals surface area contributed by atoms with E-state index in [1.807, 2.05) is 45.0 Å². The minimum atomic E-state index is -1.08. The molecule has 0 amide bonds. The van der Waals surface area contributed by atoms with Gasteiger partial charge < -0.3 is 14.2 Å². The minimum Gasteiger partial charge on any atom is -0.324 e. The van der Waals surface area contributed by atoms with Crippen molar-refractivity contribution < 1.29 is 14.2 Å². The SMILES string of the molecule is CCOC(OCC)(OCC)c1ccc(Br)cc1. The van der Waals surface area contributed by atoms with Gasteiger partial charge >= 0.3 is 5.97 Å². The third-order valence-corrected chi connectivity index (χ3v) is 2.73. The maximum Gasteiger partial charge on any atom is 0.311 e. The van der Waals surface area contributed by atoms with Crippen LogP contribution in [0.2, 0.25) is 0 Å². The zero-order valence-electron chi connectivity index (χ0n) is 10.5. The van der Waals surface area contributed by atoms with Crippen molar-refractivity contribution in [3.05, 3.63) is 34.3 Å². The molecule has 0 aliphatic rings. The summed E-state index contributed by atoms with van der Waals surface area (Å²) in [6.07, 6.45) is 0. The van der Waals surface area contributed by atoms with Gasteiger partial charge in [0.25, 0.3) is 0 Å². The van der Waals surface area contributed by atoms with Crippen LogP contribution in [0, 0.1) is 0 Å². The number of hydrogen-bond acceptors (Lipinski definition) is 3. The van der Waals surface area contributed by atoms with Crippen molar-refractivity contribution in [3.8, 4) is 0 Å². The lowest BCUT2D eigenvalue weighted by Gasteiger charge is -2.32. The summed E-state index contributed by atoms with van der Waals surface area (Å²) in [5.74, 6) is -1.08. The molecule has 0 fully saturated rings. The molecule has 0 saturated heterocycles. The first-order valence-corrected chi connectivity index (χ1v) is 6.65.